The summed E-state index contributed by atoms with van der Waals surface area (Å²) in [6.07, 6.45) is 5.82. The van der Waals surface area contributed by atoms with Crippen LogP contribution in [0.25, 0.3) is 11.1 Å². The lowest BCUT2D eigenvalue weighted by Crippen LogP contribution is -2.55. The Labute approximate surface area is 203 Å². The van der Waals surface area contributed by atoms with Gasteiger partial charge in [-0.1, -0.05) is 68.3 Å². The van der Waals surface area contributed by atoms with Crippen molar-refractivity contribution in [2.45, 2.75) is 71.8 Å². The second kappa shape index (κ2) is 13.5. The van der Waals surface area contributed by atoms with Crippen LogP contribution >= 0.6 is 0 Å². The van der Waals surface area contributed by atoms with Gasteiger partial charge in [-0.2, -0.15) is 0 Å². The molecule has 6 heteroatoms. The Hall–Kier alpha value is -3.15. The maximum absolute atomic E-state index is 11.9. The van der Waals surface area contributed by atoms with Crippen LogP contribution < -0.4 is 5.32 Å². The molecule has 6 nitrogen and oxygen atoms in total. The SMILES string of the molecule is CCCCCc1ccc(-c2cccc(CCC(COC(C)=O)(COC(C)=O)NC(C)=O)c2)cc1. The molecule has 0 aliphatic carbocycles. The van der Waals surface area contributed by atoms with Crippen LogP contribution in [0.15, 0.2) is 48.5 Å². The zero-order valence-electron chi connectivity index (χ0n) is 20.8. The van der Waals surface area contributed by atoms with E-state index in [0.29, 0.717) is 12.8 Å². The Bertz CT molecular complexity index is 934. The molecule has 2 rings (SSSR count). The molecule has 1 N–H and O–H groups in total. The highest BCUT2D eigenvalue weighted by atomic mass is 16.5. The van der Waals surface area contributed by atoms with Crippen molar-refractivity contribution in [3.05, 3.63) is 59.7 Å². The van der Waals surface area contributed by atoms with Crippen LogP contribution in [0.2, 0.25) is 0 Å². The van der Waals surface area contributed by atoms with E-state index >= 15 is 0 Å². The number of aryl methyl sites for hydroxylation is 2. The van der Waals surface area contributed by atoms with Gasteiger partial charge < -0.3 is 14.8 Å². The molecule has 0 unspecified atom stereocenters. The molecule has 0 aromatic heterocycles. The van der Waals surface area contributed by atoms with Gasteiger partial charge in [-0.05, 0) is 47.9 Å². The van der Waals surface area contributed by atoms with Crippen molar-refractivity contribution < 1.29 is 23.9 Å². The summed E-state index contributed by atoms with van der Waals surface area (Å²) >= 11 is 0. The van der Waals surface area contributed by atoms with Crippen molar-refractivity contribution in [2.24, 2.45) is 0 Å². The summed E-state index contributed by atoms with van der Waals surface area (Å²) in [5.41, 5.74) is 3.69. The van der Waals surface area contributed by atoms with Crippen LogP contribution in [0.5, 0.6) is 0 Å². The predicted octanol–water partition coefficient (Wildman–Crippen LogP) is 5.02. The third kappa shape index (κ3) is 9.38. The molecule has 0 atom stereocenters. The van der Waals surface area contributed by atoms with Crippen LogP contribution in [0.1, 0.15) is 64.5 Å². The van der Waals surface area contributed by atoms with Crippen molar-refractivity contribution in [1.29, 1.82) is 0 Å². The van der Waals surface area contributed by atoms with Gasteiger partial charge in [-0.25, -0.2) is 0 Å². The number of carbonyl (C=O) groups is 3. The quantitative estimate of drug-likeness (QED) is 0.330. The Morgan fingerprint density at radius 1 is 0.794 bits per heavy atom. The molecule has 0 spiro atoms. The smallest absolute Gasteiger partial charge is 0.302 e. The number of nitrogens with one attached hydrogen (secondary N) is 1. The van der Waals surface area contributed by atoms with E-state index in [-0.39, 0.29) is 19.1 Å². The Morgan fingerprint density at radius 2 is 1.44 bits per heavy atom. The first kappa shape index (κ1) is 27.1. The molecule has 0 heterocycles. The van der Waals surface area contributed by atoms with Crippen LogP contribution in [-0.4, -0.2) is 36.6 Å². The number of carbonyl (C=O) groups excluding carboxylic acids is 3. The number of benzene rings is 2. The molecule has 34 heavy (non-hydrogen) atoms. The molecule has 2 aromatic carbocycles. The molecule has 0 aliphatic heterocycles. The molecule has 0 saturated heterocycles. The van der Waals surface area contributed by atoms with Crippen LogP contribution in [0.3, 0.4) is 0 Å². The lowest BCUT2D eigenvalue weighted by atomic mass is 9.91. The zero-order chi connectivity index (χ0) is 25.0. The van der Waals surface area contributed by atoms with Crippen LogP contribution in [-0.2, 0) is 36.7 Å². The maximum Gasteiger partial charge on any atom is 0.302 e. The fourth-order valence-electron chi connectivity index (χ4n) is 3.91. The van der Waals surface area contributed by atoms with Crippen molar-refractivity contribution >= 4 is 17.8 Å². The maximum atomic E-state index is 11.9. The first-order valence-corrected chi connectivity index (χ1v) is 12.0. The fourth-order valence-corrected chi connectivity index (χ4v) is 3.91. The average molecular weight is 468 g/mol. The Balaban J connectivity index is 2.16. The first-order chi connectivity index (χ1) is 16.2. The highest BCUT2D eigenvalue weighted by Crippen LogP contribution is 2.24. The first-order valence-electron chi connectivity index (χ1n) is 12.0. The van der Waals surface area contributed by atoms with Crippen molar-refractivity contribution in [1.82, 2.24) is 5.32 Å². The number of hydrogen-bond donors (Lipinski definition) is 1. The lowest BCUT2D eigenvalue weighted by molar-refractivity contribution is -0.150. The summed E-state index contributed by atoms with van der Waals surface area (Å²) in [5, 5.41) is 2.85. The topological polar surface area (TPSA) is 81.7 Å². The van der Waals surface area contributed by atoms with E-state index in [1.165, 1.54) is 45.6 Å². The van der Waals surface area contributed by atoms with Gasteiger partial charge in [0.25, 0.3) is 0 Å². The van der Waals surface area contributed by atoms with Crippen molar-refractivity contribution in [3.8, 4) is 11.1 Å². The second-order valence-electron chi connectivity index (χ2n) is 8.88. The van der Waals surface area contributed by atoms with E-state index in [0.717, 1.165) is 23.1 Å². The van der Waals surface area contributed by atoms with Gasteiger partial charge in [0.15, 0.2) is 0 Å². The number of esters is 2. The van der Waals surface area contributed by atoms with Crippen molar-refractivity contribution in [3.63, 3.8) is 0 Å². The van der Waals surface area contributed by atoms with E-state index in [2.05, 4.69) is 48.6 Å². The largest absolute Gasteiger partial charge is 0.463 e. The van der Waals surface area contributed by atoms with Gasteiger partial charge in [0.2, 0.25) is 5.91 Å². The number of ether oxygens (including phenoxy) is 2. The molecule has 0 fully saturated rings. The summed E-state index contributed by atoms with van der Waals surface area (Å²) < 4.78 is 10.4. The zero-order valence-corrected chi connectivity index (χ0v) is 20.8. The van der Waals surface area contributed by atoms with E-state index in [4.69, 9.17) is 9.47 Å². The molecule has 184 valence electrons. The molecule has 1 amide bonds. The average Bonchev–Trinajstić information content (AvgIpc) is 2.80. The number of hydrogen-bond acceptors (Lipinski definition) is 5. The Morgan fingerprint density at radius 3 is 2.00 bits per heavy atom. The van der Waals surface area contributed by atoms with E-state index < -0.39 is 17.5 Å². The molecule has 0 aliphatic rings. The second-order valence-corrected chi connectivity index (χ2v) is 8.88. The third-order valence-corrected chi connectivity index (χ3v) is 5.72. The number of rotatable bonds is 13. The number of unbranched alkanes of at least 4 members (excludes halogenated alkanes) is 2. The van der Waals surface area contributed by atoms with Gasteiger partial charge in [0, 0.05) is 20.8 Å². The van der Waals surface area contributed by atoms with Gasteiger partial charge in [-0.3, -0.25) is 14.4 Å². The van der Waals surface area contributed by atoms with Crippen LogP contribution in [0, 0.1) is 0 Å². The van der Waals surface area contributed by atoms with E-state index in [1.54, 1.807) is 0 Å². The minimum atomic E-state index is -1.00. The summed E-state index contributed by atoms with van der Waals surface area (Å²) in [6, 6.07) is 16.9. The molecule has 0 radical (unpaired) electrons. The summed E-state index contributed by atoms with van der Waals surface area (Å²) in [5.74, 6) is -1.21. The van der Waals surface area contributed by atoms with Gasteiger partial charge >= 0.3 is 11.9 Å². The minimum Gasteiger partial charge on any atom is -0.463 e. The molecular formula is C28H37NO5. The fraction of sp³-hybridized carbons (Fsp3) is 0.464. The lowest BCUT2D eigenvalue weighted by Gasteiger charge is -2.33. The van der Waals surface area contributed by atoms with Gasteiger partial charge in [-0.15, -0.1) is 0 Å². The summed E-state index contributed by atoms with van der Waals surface area (Å²) in [4.78, 5) is 34.8. The van der Waals surface area contributed by atoms with E-state index in [1.807, 2.05) is 12.1 Å². The molecule has 0 bridgehead atoms. The highest BCUT2D eigenvalue weighted by molar-refractivity contribution is 5.74. The van der Waals surface area contributed by atoms with Gasteiger partial charge in [0.1, 0.15) is 18.8 Å². The Kier molecular flexibility index (Phi) is 10.8. The molecular weight excluding hydrogens is 430 g/mol. The summed E-state index contributed by atoms with van der Waals surface area (Å²) in [7, 11) is 0. The third-order valence-electron chi connectivity index (χ3n) is 5.72. The molecule has 0 saturated carbocycles. The number of amides is 1. The van der Waals surface area contributed by atoms with E-state index in [9.17, 15) is 14.4 Å². The minimum absolute atomic E-state index is 0.0750. The normalized spacial score (nSPS) is 11.1. The van der Waals surface area contributed by atoms with Gasteiger partial charge in [0.05, 0.1) is 0 Å². The van der Waals surface area contributed by atoms with Crippen LogP contribution in [0.4, 0.5) is 0 Å². The monoisotopic (exact) mass is 467 g/mol. The predicted molar refractivity (Wildman–Crippen MR) is 133 cm³/mol. The van der Waals surface area contributed by atoms with Crippen molar-refractivity contribution in [2.75, 3.05) is 13.2 Å². The standard InChI is InChI=1S/C28H37NO5/c1-5-6-7-9-24-12-14-26(15-13-24)27-11-8-10-25(18-27)16-17-28(29-21(2)30,19-33-22(3)31)20-34-23(4)32/h8,10-15,18H,5-7,9,16-17,19-20H2,1-4H3,(H,29,30). The molecule has 2 aromatic rings. The summed E-state index contributed by atoms with van der Waals surface area (Å²) in [6.45, 7) is 6.07. The highest BCUT2D eigenvalue weighted by Gasteiger charge is 2.34.